The van der Waals surface area contributed by atoms with Gasteiger partial charge in [-0.3, -0.25) is 9.59 Å². The summed E-state index contributed by atoms with van der Waals surface area (Å²) in [6.07, 6.45) is 12.7. The number of rotatable bonds is 20. The van der Waals surface area contributed by atoms with Crippen molar-refractivity contribution in [2.45, 2.75) is 109 Å². The summed E-state index contributed by atoms with van der Waals surface area (Å²) in [5.41, 5.74) is 0. The van der Waals surface area contributed by atoms with E-state index in [1.165, 1.54) is 12.8 Å². The standard InChI is InChI=1S/C24H45NO5/c1-5-6-13-16-21(26)17-14-11-9-7-8-10-12-15-18-24(29)30-22(19-23(27)28)20-25(2,3)4/h22H,5-20H2,1-4H3. The lowest BCUT2D eigenvalue weighted by molar-refractivity contribution is -0.873. The number of carboxylic acid groups (broad SMARTS) is 1. The first-order valence-corrected chi connectivity index (χ1v) is 11.9. The van der Waals surface area contributed by atoms with Gasteiger partial charge in [-0.25, -0.2) is 0 Å². The lowest BCUT2D eigenvalue weighted by Crippen LogP contribution is -2.45. The number of unbranched alkanes of at least 4 members (excludes halogenated alkanes) is 9. The fraction of sp³-hybridized carbons (Fsp3) is 0.875. The highest BCUT2D eigenvalue weighted by Gasteiger charge is 2.22. The molecule has 0 aliphatic heterocycles. The molecule has 0 bridgehead atoms. The highest BCUT2D eigenvalue weighted by Crippen LogP contribution is 2.13. The van der Waals surface area contributed by atoms with Crippen molar-refractivity contribution in [1.82, 2.24) is 0 Å². The zero-order valence-electron chi connectivity index (χ0n) is 19.9. The van der Waals surface area contributed by atoms with Crippen LogP contribution in [-0.2, 0) is 19.1 Å². The Morgan fingerprint density at radius 1 is 0.767 bits per heavy atom. The van der Waals surface area contributed by atoms with E-state index >= 15 is 0 Å². The van der Waals surface area contributed by atoms with E-state index in [4.69, 9.17) is 4.74 Å². The third-order valence-electron chi connectivity index (χ3n) is 5.09. The van der Waals surface area contributed by atoms with Crippen LogP contribution in [0.25, 0.3) is 0 Å². The van der Waals surface area contributed by atoms with Crippen molar-refractivity contribution in [2.75, 3.05) is 27.7 Å². The van der Waals surface area contributed by atoms with Crippen LogP contribution in [0.1, 0.15) is 103 Å². The minimum Gasteiger partial charge on any atom is -0.550 e. The van der Waals surface area contributed by atoms with E-state index in [0.717, 1.165) is 70.6 Å². The van der Waals surface area contributed by atoms with Gasteiger partial charge in [-0.1, -0.05) is 58.3 Å². The van der Waals surface area contributed by atoms with Crippen LogP contribution in [-0.4, -0.2) is 56.0 Å². The van der Waals surface area contributed by atoms with Crippen LogP contribution in [0.15, 0.2) is 0 Å². The fourth-order valence-corrected chi connectivity index (χ4v) is 3.53. The molecule has 0 aliphatic rings. The summed E-state index contributed by atoms with van der Waals surface area (Å²) in [7, 11) is 5.80. The molecule has 6 nitrogen and oxygen atoms in total. The molecule has 0 aromatic rings. The molecule has 0 amide bonds. The molecular formula is C24H45NO5. The lowest BCUT2D eigenvalue weighted by atomic mass is 10.0. The molecule has 0 saturated carbocycles. The number of hydrogen-bond acceptors (Lipinski definition) is 5. The normalized spacial score (nSPS) is 12.5. The highest BCUT2D eigenvalue weighted by atomic mass is 16.5. The Hall–Kier alpha value is -1.43. The zero-order chi connectivity index (χ0) is 22.8. The number of ketones is 1. The number of carbonyl (C=O) groups is 3. The van der Waals surface area contributed by atoms with E-state index < -0.39 is 12.1 Å². The molecule has 0 N–H and O–H groups in total. The molecule has 0 radical (unpaired) electrons. The quantitative estimate of drug-likeness (QED) is 0.168. The van der Waals surface area contributed by atoms with Crippen molar-refractivity contribution >= 4 is 17.7 Å². The molecule has 0 saturated heterocycles. The first kappa shape index (κ1) is 28.6. The van der Waals surface area contributed by atoms with E-state index in [2.05, 4.69) is 6.92 Å². The Kier molecular flexibility index (Phi) is 16.4. The monoisotopic (exact) mass is 427 g/mol. The molecule has 1 unspecified atom stereocenters. The van der Waals surface area contributed by atoms with E-state index in [9.17, 15) is 19.5 Å². The minimum absolute atomic E-state index is 0.258. The predicted molar refractivity (Wildman–Crippen MR) is 118 cm³/mol. The summed E-state index contributed by atoms with van der Waals surface area (Å²) in [5, 5.41) is 10.9. The van der Waals surface area contributed by atoms with Gasteiger partial charge in [0.2, 0.25) is 0 Å². The first-order valence-electron chi connectivity index (χ1n) is 11.9. The average molecular weight is 428 g/mol. The summed E-state index contributed by atoms with van der Waals surface area (Å²) >= 11 is 0. The van der Waals surface area contributed by atoms with Crippen LogP contribution in [0.5, 0.6) is 0 Å². The van der Waals surface area contributed by atoms with Gasteiger partial charge in [-0.15, -0.1) is 0 Å². The number of carbonyl (C=O) groups excluding carboxylic acids is 3. The van der Waals surface area contributed by atoms with Crippen LogP contribution in [0.4, 0.5) is 0 Å². The Morgan fingerprint density at radius 3 is 1.70 bits per heavy atom. The molecule has 0 rings (SSSR count). The Balaban J connectivity index is 3.67. The molecule has 0 heterocycles. The topological polar surface area (TPSA) is 83.5 Å². The second-order valence-corrected chi connectivity index (χ2v) is 9.49. The van der Waals surface area contributed by atoms with E-state index in [1.807, 2.05) is 21.1 Å². The average Bonchev–Trinajstić information content (AvgIpc) is 2.61. The number of carboxylic acids is 1. The van der Waals surface area contributed by atoms with Crippen LogP contribution in [0.3, 0.4) is 0 Å². The highest BCUT2D eigenvalue weighted by molar-refractivity contribution is 5.78. The largest absolute Gasteiger partial charge is 0.550 e. The maximum absolute atomic E-state index is 12.0. The number of esters is 1. The van der Waals surface area contributed by atoms with Crippen molar-refractivity contribution in [3.63, 3.8) is 0 Å². The molecule has 0 spiro atoms. The molecule has 0 aromatic carbocycles. The van der Waals surface area contributed by atoms with Gasteiger partial charge in [0.25, 0.3) is 0 Å². The molecule has 1 atom stereocenters. The summed E-state index contributed by atoms with van der Waals surface area (Å²) in [4.78, 5) is 34.6. The molecule has 30 heavy (non-hydrogen) atoms. The van der Waals surface area contributed by atoms with Crippen molar-refractivity contribution in [2.24, 2.45) is 0 Å². The summed E-state index contributed by atoms with van der Waals surface area (Å²) in [5.74, 6) is -1.10. The first-order chi connectivity index (χ1) is 14.1. The van der Waals surface area contributed by atoms with Crippen LogP contribution >= 0.6 is 0 Å². The van der Waals surface area contributed by atoms with Crippen molar-refractivity contribution in [1.29, 1.82) is 0 Å². The van der Waals surface area contributed by atoms with Gasteiger partial charge in [-0.05, 0) is 19.3 Å². The van der Waals surface area contributed by atoms with Crippen LogP contribution < -0.4 is 5.11 Å². The number of aliphatic carboxylic acids is 1. The van der Waals surface area contributed by atoms with Gasteiger partial charge < -0.3 is 19.1 Å². The molecule has 0 aliphatic carbocycles. The summed E-state index contributed by atoms with van der Waals surface area (Å²) in [6, 6.07) is 0. The van der Waals surface area contributed by atoms with E-state index in [-0.39, 0.29) is 12.4 Å². The second-order valence-electron chi connectivity index (χ2n) is 9.49. The van der Waals surface area contributed by atoms with Crippen molar-refractivity contribution in [3.05, 3.63) is 0 Å². The van der Waals surface area contributed by atoms with Crippen LogP contribution in [0.2, 0.25) is 0 Å². The number of hydrogen-bond donors (Lipinski definition) is 0. The third-order valence-corrected chi connectivity index (χ3v) is 5.09. The molecule has 0 aromatic heterocycles. The van der Waals surface area contributed by atoms with Crippen LogP contribution in [0, 0.1) is 0 Å². The maximum atomic E-state index is 12.0. The second kappa shape index (κ2) is 17.3. The molecular weight excluding hydrogens is 382 g/mol. The number of likely N-dealkylation sites (N-methyl/N-ethyl adjacent to an activating group) is 1. The van der Waals surface area contributed by atoms with Gasteiger partial charge in [0.1, 0.15) is 12.3 Å². The van der Waals surface area contributed by atoms with E-state index in [0.29, 0.717) is 23.2 Å². The molecule has 176 valence electrons. The maximum Gasteiger partial charge on any atom is 0.306 e. The van der Waals surface area contributed by atoms with Gasteiger partial charge in [0.05, 0.1) is 21.1 Å². The van der Waals surface area contributed by atoms with Gasteiger partial charge in [-0.2, -0.15) is 0 Å². The van der Waals surface area contributed by atoms with E-state index in [1.54, 1.807) is 0 Å². The van der Waals surface area contributed by atoms with Gasteiger partial charge >= 0.3 is 5.97 Å². The zero-order valence-corrected chi connectivity index (χ0v) is 19.9. The molecule has 0 fully saturated rings. The Bertz CT molecular complexity index is 484. The number of nitrogens with zero attached hydrogens (tertiary/aromatic N) is 1. The Morgan fingerprint density at radius 2 is 1.23 bits per heavy atom. The van der Waals surface area contributed by atoms with Crippen molar-refractivity contribution < 1.29 is 28.7 Å². The van der Waals surface area contributed by atoms with Gasteiger partial charge in [0.15, 0.2) is 6.10 Å². The smallest absolute Gasteiger partial charge is 0.306 e. The summed E-state index contributed by atoms with van der Waals surface area (Å²) in [6.45, 7) is 2.60. The van der Waals surface area contributed by atoms with Crippen molar-refractivity contribution in [3.8, 4) is 0 Å². The summed E-state index contributed by atoms with van der Waals surface area (Å²) < 4.78 is 5.88. The fourth-order valence-electron chi connectivity index (χ4n) is 3.53. The third kappa shape index (κ3) is 19.9. The lowest BCUT2D eigenvalue weighted by Gasteiger charge is -2.29. The predicted octanol–water partition coefficient (Wildman–Crippen LogP) is 3.79. The SMILES string of the molecule is CCCCCC(=O)CCCCCCCCCCC(=O)OC(CC(=O)[O-])C[N+](C)(C)C. The minimum atomic E-state index is -1.19. The van der Waals surface area contributed by atoms with Gasteiger partial charge in [0, 0.05) is 31.7 Å². The number of quaternary nitrogens is 1. The molecule has 6 heteroatoms. The number of Topliss-reactive ketones (excluding diaryl/α,β-unsaturated/α-hetero) is 1. The number of ether oxygens (including phenoxy) is 1. The Labute approximate surface area is 183 Å².